The van der Waals surface area contributed by atoms with E-state index in [1.54, 1.807) is 21.8 Å². The first-order chi connectivity index (χ1) is 11.2. The maximum Gasteiger partial charge on any atom is 0.253 e. The molecule has 1 aromatic heterocycles. The molecule has 6 nitrogen and oxygen atoms in total. The maximum atomic E-state index is 12.6. The van der Waals surface area contributed by atoms with E-state index in [-0.39, 0.29) is 25.0 Å². The van der Waals surface area contributed by atoms with E-state index in [2.05, 4.69) is 5.10 Å². The second kappa shape index (κ2) is 6.93. The molecule has 0 radical (unpaired) electrons. The lowest BCUT2D eigenvalue weighted by Crippen LogP contribution is -2.47. The van der Waals surface area contributed by atoms with Crippen LogP contribution in [-0.4, -0.2) is 56.6 Å². The van der Waals surface area contributed by atoms with Crippen molar-refractivity contribution in [2.45, 2.75) is 19.1 Å². The molecule has 0 aliphatic carbocycles. The lowest BCUT2D eigenvalue weighted by molar-refractivity contribution is 0.000874. The number of rotatable bonds is 4. The average Bonchev–Trinajstić information content (AvgIpc) is 3.07. The minimum absolute atomic E-state index is 0.0391. The summed E-state index contributed by atoms with van der Waals surface area (Å²) in [4.78, 5) is 14.3. The molecule has 2 aromatic rings. The van der Waals surface area contributed by atoms with E-state index in [4.69, 9.17) is 0 Å². The number of β-amino-alcohol motifs (C(OH)–C–C–N with tert-alkyl or cyclic N) is 1. The number of carbonyl (C=O) groups excluding carboxylic acids is 1. The van der Waals surface area contributed by atoms with Crippen LogP contribution in [0.5, 0.6) is 0 Å². The molecule has 1 amide bonds. The summed E-state index contributed by atoms with van der Waals surface area (Å²) in [5, 5.41) is 23.4. The first-order valence-corrected chi connectivity index (χ1v) is 7.82. The lowest BCUT2D eigenvalue weighted by Gasteiger charge is -2.35. The van der Waals surface area contributed by atoms with Gasteiger partial charge in [-0.25, -0.2) is 0 Å². The van der Waals surface area contributed by atoms with Crippen LogP contribution in [-0.2, 0) is 6.54 Å². The van der Waals surface area contributed by atoms with Crippen LogP contribution in [0.4, 0.5) is 0 Å². The number of hydrogen-bond donors (Lipinski definition) is 2. The lowest BCUT2D eigenvalue weighted by atomic mass is 9.94. The van der Waals surface area contributed by atoms with Crippen LogP contribution >= 0.6 is 0 Å². The Labute approximate surface area is 135 Å². The van der Waals surface area contributed by atoms with Crippen molar-refractivity contribution in [1.82, 2.24) is 14.7 Å². The maximum absolute atomic E-state index is 12.6. The Hall–Kier alpha value is -2.18. The minimum Gasteiger partial charge on any atom is -0.396 e. The SMILES string of the molecule is O=C(c1cccc(Cn2cccn2)c1)N1CC[C@H](CO)[C@H](O)C1. The number of aliphatic hydroxyl groups excluding tert-OH is 2. The smallest absolute Gasteiger partial charge is 0.253 e. The van der Waals surface area contributed by atoms with Crippen LogP contribution in [0.15, 0.2) is 42.7 Å². The molecule has 6 heteroatoms. The number of aromatic nitrogens is 2. The van der Waals surface area contributed by atoms with Crippen LogP contribution in [0, 0.1) is 5.92 Å². The molecule has 122 valence electrons. The van der Waals surface area contributed by atoms with E-state index in [9.17, 15) is 15.0 Å². The molecular weight excluding hydrogens is 294 g/mol. The predicted molar refractivity (Wildman–Crippen MR) is 84.9 cm³/mol. The number of hydrogen-bond acceptors (Lipinski definition) is 4. The molecule has 1 aliphatic heterocycles. The third-order valence-corrected chi connectivity index (χ3v) is 4.32. The van der Waals surface area contributed by atoms with Crippen molar-refractivity contribution < 1.29 is 15.0 Å². The van der Waals surface area contributed by atoms with Crippen molar-refractivity contribution in [3.05, 3.63) is 53.9 Å². The predicted octanol–water partition coefficient (Wildman–Crippen LogP) is 0.747. The van der Waals surface area contributed by atoms with Gasteiger partial charge in [0.05, 0.1) is 12.6 Å². The highest BCUT2D eigenvalue weighted by molar-refractivity contribution is 5.94. The van der Waals surface area contributed by atoms with Gasteiger partial charge in [0.1, 0.15) is 0 Å². The van der Waals surface area contributed by atoms with Gasteiger partial charge in [-0.15, -0.1) is 0 Å². The zero-order valence-electron chi connectivity index (χ0n) is 12.9. The molecule has 2 atom stereocenters. The van der Waals surface area contributed by atoms with Crippen molar-refractivity contribution in [1.29, 1.82) is 0 Å². The quantitative estimate of drug-likeness (QED) is 0.872. The third kappa shape index (κ3) is 3.60. The van der Waals surface area contributed by atoms with Crippen molar-refractivity contribution in [2.24, 2.45) is 5.92 Å². The van der Waals surface area contributed by atoms with E-state index in [1.165, 1.54) is 0 Å². The highest BCUT2D eigenvalue weighted by Gasteiger charge is 2.30. The molecule has 2 heterocycles. The Morgan fingerprint density at radius 3 is 2.91 bits per heavy atom. The number of benzene rings is 1. The summed E-state index contributed by atoms with van der Waals surface area (Å²) in [7, 11) is 0. The van der Waals surface area contributed by atoms with E-state index in [1.807, 2.05) is 30.5 Å². The third-order valence-electron chi connectivity index (χ3n) is 4.32. The van der Waals surface area contributed by atoms with E-state index in [0.29, 0.717) is 25.1 Å². The Bertz CT molecular complexity index is 657. The van der Waals surface area contributed by atoms with Gasteiger partial charge in [-0.1, -0.05) is 12.1 Å². The highest BCUT2D eigenvalue weighted by atomic mass is 16.3. The van der Waals surface area contributed by atoms with E-state index in [0.717, 1.165) is 5.56 Å². The molecule has 0 saturated carbocycles. The fraction of sp³-hybridized carbons (Fsp3) is 0.412. The Morgan fingerprint density at radius 2 is 2.22 bits per heavy atom. The fourth-order valence-electron chi connectivity index (χ4n) is 2.94. The van der Waals surface area contributed by atoms with Crippen molar-refractivity contribution in [3.63, 3.8) is 0 Å². The van der Waals surface area contributed by atoms with Gasteiger partial charge >= 0.3 is 0 Å². The van der Waals surface area contributed by atoms with Crippen LogP contribution < -0.4 is 0 Å². The normalized spacial score (nSPS) is 21.4. The number of piperidine rings is 1. The fourth-order valence-corrected chi connectivity index (χ4v) is 2.94. The number of nitrogens with zero attached hydrogens (tertiary/aromatic N) is 3. The Kier molecular flexibility index (Phi) is 4.73. The number of carbonyl (C=O) groups is 1. The molecule has 0 unspecified atom stereocenters. The topological polar surface area (TPSA) is 78.6 Å². The zero-order valence-corrected chi connectivity index (χ0v) is 12.9. The number of amides is 1. The van der Waals surface area contributed by atoms with Crippen LogP contribution in [0.3, 0.4) is 0 Å². The summed E-state index contributed by atoms with van der Waals surface area (Å²) in [6.07, 6.45) is 3.56. The molecule has 23 heavy (non-hydrogen) atoms. The van der Waals surface area contributed by atoms with E-state index >= 15 is 0 Å². The number of likely N-dealkylation sites (tertiary alicyclic amines) is 1. The van der Waals surface area contributed by atoms with Gasteiger partial charge in [-0.2, -0.15) is 5.10 Å². The van der Waals surface area contributed by atoms with Gasteiger partial charge in [0.25, 0.3) is 5.91 Å². The second-order valence-electron chi connectivity index (χ2n) is 5.95. The molecule has 3 rings (SSSR count). The van der Waals surface area contributed by atoms with Gasteiger partial charge in [0.2, 0.25) is 0 Å². The van der Waals surface area contributed by atoms with Crippen LogP contribution in [0.25, 0.3) is 0 Å². The zero-order chi connectivity index (χ0) is 16.2. The second-order valence-corrected chi connectivity index (χ2v) is 5.95. The summed E-state index contributed by atoms with van der Waals surface area (Å²) in [6.45, 7) is 1.41. The molecule has 1 saturated heterocycles. The molecule has 1 fully saturated rings. The molecule has 2 N–H and O–H groups in total. The molecule has 1 aliphatic rings. The molecular formula is C17H21N3O3. The van der Waals surface area contributed by atoms with Gasteiger partial charge in [-0.3, -0.25) is 9.48 Å². The first-order valence-electron chi connectivity index (χ1n) is 7.82. The standard InChI is InChI=1S/C17H21N3O3/c21-12-15-5-8-19(11-16(15)22)17(23)14-4-1-3-13(9-14)10-20-7-2-6-18-20/h1-4,6-7,9,15-16,21-22H,5,8,10-12H2/t15-,16-/m1/s1. The molecule has 0 spiro atoms. The summed E-state index contributed by atoms with van der Waals surface area (Å²) >= 11 is 0. The summed E-state index contributed by atoms with van der Waals surface area (Å²) in [6, 6.07) is 9.35. The number of aliphatic hydroxyl groups is 2. The van der Waals surface area contributed by atoms with Crippen LogP contribution in [0.1, 0.15) is 22.3 Å². The molecule has 1 aromatic carbocycles. The average molecular weight is 315 g/mol. The minimum atomic E-state index is -0.662. The summed E-state index contributed by atoms with van der Waals surface area (Å²) in [5.41, 5.74) is 1.62. The summed E-state index contributed by atoms with van der Waals surface area (Å²) < 4.78 is 1.81. The van der Waals surface area contributed by atoms with E-state index < -0.39 is 6.10 Å². The van der Waals surface area contributed by atoms with Gasteiger partial charge in [0.15, 0.2) is 0 Å². The largest absolute Gasteiger partial charge is 0.396 e. The first kappa shape index (κ1) is 15.7. The Balaban J connectivity index is 1.70. The van der Waals surface area contributed by atoms with Crippen molar-refractivity contribution >= 4 is 5.91 Å². The molecule has 0 bridgehead atoms. The van der Waals surface area contributed by atoms with Crippen molar-refractivity contribution in [2.75, 3.05) is 19.7 Å². The van der Waals surface area contributed by atoms with Crippen LogP contribution in [0.2, 0.25) is 0 Å². The van der Waals surface area contributed by atoms with Gasteiger partial charge in [-0.05, 0) is 30.2 Å². The van der Waals surface area contributed by atoms with Gasteiger partial charge < -0.3 is 15.1 Å². The monoisotopic (exact) mass is 315 g/mol. The van der Waals surface area contributed by atoms with Crippen molar-refractivity contribution in [3.8, 4) is 0 Å². The van der Waals surface area contributed by atoms with Gasteiger partial charge in [0, 0.05) is 43.6 Å². The summed E-state index contributed by atoms with van der Waals surface area (Å²) in [5.74, 6) is -0.215. The Morgan fingerprint density at radius 1 is 1.35 bits per heavy atom. The highest BCUT2D eigenvalue weighted by Crippen LogP contribution is 2.19.